The van der Waals surface area contributed by atoms with Crippen LogP contribution in [0.4, 0.5) is 5.69 Å². The minimum Gasteiger partial charge on any atom is -0.439 e. The number of nitro groups is 1. The van der Waals surface area contributed by atoms with Gasteiger partial charge in [-0.15, -0.1) is 0 Å². The van der Waals surface area contributed by atoms with Gasteiger partial charge in [-0.2, -0.15) is 0 Å². The van der Waals surface area contributed by atoms with Crippen molar-refractivity contribution in [1.82, 2.24) is 9.97 Å². The predicted octanol–water partition coefficient (Wildman–Crippen LogP) is 3.48. The number of ether oxygens (including phenoxy) is 1. The molecule has 1 aromatic heterocycles. The molecular weight excluding hydrogens is 281 g/mol. The van der Waals surface area contributed by atoms with Crippen molar-refractivity contribution in [3.05, 3.63) is 50.9 Å². The van der Waals surface area contributed by atoms with Crippen LogP contribution in [0.25, 0.3) is 0 Å². The molecule has 1 heterocycles. The second-order valence-electron chi connectivity index (χ2n) is 3.15. The number of aromatic nitrogens is 2. The number of rotatable bonds is 3. The fraction of sp³-hybridized carbons (Fsp3) is 0. The normalized spacial score (nSPS) is 10.1. The molecule has 0 aliphatic heterocycles. The summed E-state index contributed by atoms with van der Waals surface area (Å²) in [5, 5.41) is 10.8. The van der Waals surface area contributed by atoms with E-state index in [1.54, 1.807) is 0 Å². The maximum Gasteiger partial charge on any atom is 0.288 e. The van der Waals surface area contributed by atoms with E-state index in [9.17, 15) is 10.1 Å². The molecule has 0 aliphatic rings. The lowest BCUT2D eigenvalue weighted by molar-refractivity contribution is -0.384. The van der Waals surface area contributed by atoms with E-state index in [0.717, 1.165) is 0 Å². The summed E-state index contributed by atoms with van der Waals surface area (Å²) < 4.78 is 5.33. The van der Waals surface area contributed by atoms with Gasteiger partial charge in [0.25, 0.3) is 5.69 Å². The summed E-state index contributed by atoms with van der Waals surface area (Å²) in [6.45, 7) is 0. The van der Waals surface area contributed by atoms with Crippen molar-refractivity contribution in [3.8, 4) is 11.6 Å². The zero-order valence-electron chi connectivity index (χ0n) is 8.71. The summed E-state index contributed by atoms with van der Waals surface area (Å²) in [5.41, 5.74) is -0.190. The average Bonchev–Trinajstić information content (AvgIpc) is 2.28. The molecule has 0 saturated carbocycles. The Bertz CT molecular complexity index is 607. The van der Waals surface area contributed by atoms with Crippen molar-refractivity contribution in [2.75, 3.05) is 0 Å². The quantitative estimate of drug-likeness (QED) is 0.490. The second-order valence-corrected chi connectivity index (χ2v) is 3.95. The Balaban J connectivity index is 2.25. The zero-order valence-corrected chi connectivity index (χ0v) is 10.2. The van der Waals surface area contributed by atoms with Gasteiger partial charge in [0.15, 0.2) is 0 Å². The number of benzene rings is 1. The first kappa shape index (κ1) is 12.5. The highest BCUT2D eigenvalue weighted by molar-refractivity contribution is 6.32. The molecule has 0 aliphatic carbocycles. The second kappa shape index (κ2) is 5.16. The first-order valence-corrected chi connectivity index (χ1v) is 5.41. The molecular formula is C10H5Cl2N3O3. The van der Waals surface area contributed by atoms with Gasteiger partial charge in [-0.05, 0) is 6.07 Å². The van der Waals surface area contributed by atoms with Gasteiger partial charge in [-0.1, -0.05) is 23.2 Å². The van der Waals surface area contributed by atoms with Crippen molar-refractivity contribution in [2.24, 2.45) is 0 Å². The van der Waals surface area contributed by atoms with Gasteiger partial charge >= 0.3 is 0 Å². The summed E-state index contributed by atoms with van der Waals surface area (Å²) in [6.07, 6.45) is 1.24. The molecule has 0 bridgehead atoms. The summed E-state index contributed by atoms with van der Waals surface area (Å²) in [6, 6.07) is 5.41. The fourth-order valence-corrected chi connectivity index (χ4v) is 1.57. The number of hydrogen-bond acceptors (Lipinski definition) is 5. The Morgan fingerprint density at radius 2 is 2.00 bits per heavy atom. The molecule has 1 aromatic carbocycles. The van der Waals surface area contributed by atoms with E-state index >= 15 is 0 Å². The highest BCUT2D eigenvalue weighted by Gasteiger charge is 2.13. The third-order valence-corrected chi connectivity index (χ3v) is 2.46. The van der Waals surface area contributed by atoms with Crippen LogP contribution in [-0.2, 0) is 0 Å². The molecule has 0 N–H and O–H groups in total. The Morgan fingerprint density at radius 1 is 1.22 bits per heavy atom. The third-order valence-electron chi connectivity index (χ3n) is 1.95. The van der Waals surface area contributed by atoms with Crippen molar-refractivity contribution < 1.29 is 9.66 Å². The molecule has 8 heteroatoms. The van der Waals surface area contributed by atoms with Crippen LogP contribution >= 0.6 is 23.2 Å². The van der Waals surface area contributed by atoms with E-state index < -0.39 is 4.92 Å². The molecule has 0 unspecified atom stereocenters. The zero-order chi connectivity index (χ0) is 13.1. The molecule has 2 aromatic rings. The largest absolute Gasteiger partial charge is 0.439 e. The molecule has 0 amide bonds. The Morgan fingerprint density at radius 3 is 2.61 bits per heavy atom. The van der Waals surface area contributed by atoms with Crippen LogP contribution in [0.3, 0.4) is 0 Å². The van der Waals surface area contributed by atoms with Crippen molar-refractivity contribution in [2.45, 2.75) is 0 Å². The van der Waals surface area contributed by atoms with E-state index in [2.05, 4.69) is 9.97 Å². The van der Waals surface area contributed by atoms with E-state index in [-0.39, 0.29) is 21.7 Å². The molecule has 6 nitrogen and oxygen atoms in total. The molecule has 92 valence electrons. The molecule has 0 fully saturated rings. The molecule has 18 heavy (non-hydrogen) atoms. The van der Waals surface area contributed by atoms with Crippen molar-refractivity contribution in [1.29, 1.82) is 0 Å². The van der Waals surface area contributed by atoms with Crippen LogP contribution in [0.1, 0.15) is 0 Å². The van der Waals surface area contributed by atoms with E-state index in [1.165, 1.54) is 30.6 Å². The van der Waals surface area contributed by atoms with Gasteiger partial charge in [0.05, 0.1) is 4.92 Å². The lowest BCUT2D eigenvalue weighted by Gasteiger charge is -2.04. The van der Waals surface area contributed by atoms with Gasteiger partial charge in [-0.3, -0.25) is 10.1 Å². The number of halogens is 2. The fourth-order valence-electron chi connectivity index (χ4n) is 1.19. The lowest BCUT2D eigenvalue weighted by Crippen LogP contribution is -1.92. The summed E-state index contributed by atoms with van der Waals surface area (Å²) >= 11 is 11.4. The topological polar surface area (TPSA) is 78.2 Å². The average molecular weight is 286 g/mol. The first-order valence-electron chi connectivity index (χ1n) is 4.65. The maximum absolute atomic E-state index is 10.6. The lowest BCUT2D eigenvalue weighted by atomic mass is 10.3. The summed E-state index contributed by atoms with van der Waals surface area (Å²) in [7, 11) is 0. The van der Waals surface area contributed by atoms with Gasteiger partial charge in [0.2, 0.25) is 5.88 Å². The highest BCUT2D eigenvalue weighted by Crippen LogP contribution is 2.30. The van der Waals surface area contributed by atoms with Crippen molar-refractivity contribution >= 4 is 28.9 Å². The Kier molecular flexibility index (Phi) is 3.59. The first-order chi connectivity index (χ1) is 8.56. The summed E-state index contributed by atoms with van der Waals surface area (Å²) in [5.74, 6) is 0.542. The molecule has 0 radical (unpaired) electrons. The molecule has 0 spiro atoms. The minimum absolute atomic E-state index is 0.0161. The minimum atomic E-state index is -0.576. The third kappa shape index (κ3) is 2.85. The van der Waals surface area contributed by atoms with Crippen LogP contribution in [0.15, 0.2) is 30.6 Å². The van der Waals surface area contributed by atoms with Gasteiger partial charge < -0.3 is 4.74 Å². The standard InChI is InChI=1S/C10H5Cl2N3O3/c11-7-3-6(1-2-8(7)15(16)17)18-10-4-9(12)13-5-14-10/h1-5H. The molecule has 0 atom stereocenters. The van der Waals surface area contributed by atoms with E-state index in [1.807, 2.05) is 0 Å². The molecule has 0 saturated heterocycles. The summed E-state index contributed by atoms with van der Waals surface area (Å²) in [4.78, 5) is 17.5. The predicted molar refractivity (Wildman–Crippen MR) is 65.2 cm³/mol. The van der Waals surface area contributed by atoms with Crippen molar-refractivity contribution in [3.63, 3.8) is 0 Å². The number of hydrogen-bond donors (Lipinski definition) is 0. The van der Waals surface area contributed by atoms with Gasteiger partial charge in [0.1, 0.15) is 22.3 Å². The maximum atomic E-state index is 10.6. The van der Waals surface area contributed by atoms with Gasteiger partial charge in [-0.25, -0.2) is 9.97 Å². The Labute approximate surface area is 111 Å². The van der Waals surface area contributed by atoms with Crippen LogP contribution in [0.5, 0.6) is 11.6 Å². The Hall–Kier alpha value is -1.92. The van der Waals surface area contributed by atoms with Crippen LogP contribution in [0, 0.1) is 10.1 Å². The monoisotopic (exact) mass is 285 g/mol. The molecule has 2 rings (SSSR count). The number of nitrogens with zero attached hydrogens (tertiary/aromatic N) is 3. The SMILES string of the molecule is O=[N+]([O-])c1ccc(Oc2cc(Cl)ncn2)cc1Cl. The van der Waals surface area contributed by atoms with E-state index in [0.29, 0.717) is 5.75 Å². The van der Waals surface area contributed by atoms with Crippen LogP contribution in [0.2, 0.25) is 10.2 Å². The van der Waals surface area contributed by atoms with Crippen LogP contribution < -0.4 is 4.74 Å². The van der Waals surface area contributed by atoms with Crippen LogP contribution in [-0.4, -0.2) is 14.9 Å². The van der Waals surface area contributed by atoms with Gasteiger partial charge in [0, 0.05) is 18.2 Å². The highest BCUT2D eigenvalue weighted by atomic mass is 35.5. The smallest absolute Gasteiger partial charge is 0.288 e. The van der Waals surface area contributed by atoms with E-state index in [4.69, 9.17) is 27.9 Å². The number of nitro benzene ring substituents is 1.